The van der Waals surface area contributed by atoms with Crippen LogP contribution in [0.15, 0.2) is 53.4 Å². The van der Waals surface area contributed by atoms with Crippen LogP contribution in [0.3, 0.4) is 0 Å². The lowest BCUT2D eigenvalue weighted by Gasteiger charge is -2.39. The third kappa shape index (κ3) is 3.85. The summed E-state index contributed by atoms with van der Waals surface area (Å²) in [4.78, 5) is 11.5. The first-order valence-corrected chi connectivity index (χ1v) is 10.8. The molecule has 0 aliphatic carbocycles. The van der Waals surface area contributed by atoms with Crippen LogP contribution in [-0.4, -0.2) is 44.3 Å². The maximum Gasteiger partial charge on any atom is 0.406 e. The monoisotopic (exact) mass is 420 g/mol. The van der Waals surface area contributed by atoms with Crippen molar-refractivity contribution in [1.82, 2.24) is 4.31 Å². The third-order valence-electron chi connectivity index (χ3n) is 5.42. The number of nitrogens with two attached hydrogens (primary N) is 1. The molecule has 7 nitrogen and oxygen atoms in total. The number of benzene rings is 2. The summed E-state index contributed by atoms with van der Waals surface area (Å²) in [7, 11) is -3.92. The lowest BCUT2D eigenvalue weighted by molar-refractivity contribution is -0.0639. The van der Waals surface area contributed by atoms with E-state index in [-0.39, 0.29) is 29.3 Å². The Bertz CT molecular complexity index is 995. The molecule has 2 aromatic rings. The summed E-state index contributed by atoms with van der Waals surface area (Å²) < 4.78 is 51.7. The fourth-order valence-corrected chi connectivity index (χ4v) is 5.57. The van der Waals surface area contributed by atoms with Gasteiger partial charge < -0.3 is 15.2 Å². The standard InChI is InChI=1S/C20H21FN2O5S/c21-15-5-1-13(2-6-15)14-3-7-16(8-4-14)29(25,26)23-11-9-18-17(10-12-27-18)19(23)28-20(22)24/h1-8,17-19H,9-12H2,(H2,22,24). The Hall–Kier alpha value is -2.49. The van der Waals surface area contributed by atoms with Gasteiger partial charge in [-0.15, -0.1) is 0 Å². The van der Waals surface area contributed by atoms with Gasteiger partial charge in [-0.3, -0.25) is 0 Å². The third-order valence-corrected chi connectivity index (χ3v) is 7.30. The molecule has 3 unspecified atom stereocenters. The van der Waals surface area contributed by atoms with Gasteiger partial charge in [-0.05, 0) is 48.2 Å². The molecular weight excluding hydrogens is 399 g/mol. The van der Waals surface area contributed by atoms with Gasteiger partial charge in [-0.25, -0.2) is 17.6 Å². The van der Waals surface area contributed by atoms with Crippen LogP contribution in [-0.2, 0) is 19.5 Å². The Balaban J connectivity index is 1.62. The van der Waals surface area contributed by atoms with E-state index in [1.54, 1.807) is 24.3 Å². The van der Waals surface area contributed by atoms with Crippen molar-refractivity contribution in [1.29, 1.82) is 0 Å². The number of sulfonamides is 1. The normalized spacial score (nSPS) is 24.8. The van der Waals surface area contributed by atoms with Gasteiger partial charge in [0.15, 0.2) is 6.23 Å². The minimum Gasteiger partial charge on any atom is -0.429 e. The van der Waals surface area contributed by atoms with Crippen LogP contribution >= 0.6 is 0 Å². The number of carbonyl (C=O) groups excluding carboxylic acids is 1. The van der Waals surface area contributed by atoms with Crippen molar-refractivity contribution >= 4 is 16.1 Å². The second kappa shape index (κ2) is 7.74. The van der Waals surface area contributed by atoms with Gasteiger partial charge in [0.25, 0.3) is 0 Å². The van der Waals surface area contributed by atoms with Gasteiger partial charge >= 0.3 is 6.09 Å². The quantitative estimate of drug-likeness (QED) is 0.820. The highest BCUT2D eigenvalue weighted by atomic mass is 32.2. The predicted octanol–water partition coefficient (Wildman–Crippen LogP) is 2.71. The van der Waals surface area contributed by atoms with E-state index < -0.39 is 22.3 Å². The summed E-state index contributed by atoms with van der Waals surface area (Å²) in [5.74, 6) is -0.586. The first-order valence-electron chi connectivity index (χ1n) is 9.32. The van der Waals surface area contributed by atoms with Gasteiger partial charge in [0.05, 0.1) is 11.0 Å². The van der Waals surface area contributed by atoms with Crippen molar-refractivity contribution in [2.24, 2.45) is 11.7 Å². The number of hydrogen-bond donors (Lipinski definition) is 1. The van der Waals surface area contributed by atoms with Gasteiger partial charge in [0.2, 0.25) is 10.0 Å². The zero-order chi connectivity index (χ0) is 20.6. The zero-order valence-corrected chi connectivity index (χ0v) is 16.3. The van der Waals surface area contributed by atoms with Crippen molar-refractivity contribution in [3.05, 3.63) is 54.3 Å². The van der Waals surface area contributed by atoms with Gasteiger partial charge in [-0.2, -0.15) is 4.31 Å². The second-order valence-electron chi connectivity index (χ2n) is 7.12. The number of carbonyl (C=O) groups is 1. The smallest absolute Gasteiger partial charge is 0.406 e. The van der Waals surface area contributed by atoms with Gasteiger partial charge in [0.1, 0.15) is 5.82 Å². The highest BCUT2D eigenvalue weighted by Crippen LogP contribution is 2.37. The van der Waals surface area contributed by atoms with Crippen molar-refractivity contribution in [2.75, 3.05) is 13.2 Å². The summed E-state index contributed by atoms with van der Waals surface area (Å²) in [6.07, 6.45) is -1.04. The molecule has 0 aromatic heterocycles. The zero-order valence-electron chi connectivity index (χ0n) is 15.5. The van der Waals surface area contributed by atoms with E-state index in [0.29, 0.717) is 19.4 Å². The van der Waals surface area contributed by atoms with E-state index in [1.807, 2.05) is 0 Å². The molecule has 2 fully saturated rings. The number of hydrogen-bond acceptors (Lipinski definition) is 5. The molecule has 0 spiro atoms. The number of halogens is 1. The minimum absolute atomic E-state index is 0.0822. The van der Waals surface area contributed by atoms with Crippen molar-refractivity contribution in [3.8, 4) is 11.1 Å². The Labute approximate surface area is 168 Å². The topological polar surface area (TPSA) is 98.9 Å². The number of primary amides is 1. The Morgan fingerprint density at radius 2 is 1.69 bits per heavy atom. The molecule has 2 aliphatic heterocycles. The molecule has 0 saturated carbocycles. The average Bonchev–Trinajstić information content (AvgIpc) is 3.18. The van der Waals surface area contributed by atoms with Crippen LogP contribution in [0, 0.1) is 11.7 Å². The largest absolute Gasteiger partial charge is 0.429 e. The maximum absolute atomic E-state index is 13.3. The molecule has 4 rings (SSSR count). The molecular formula is C20H21FN2O5S. The highest BCUT2D eigenvalue weighted by Gasteiger charge is 2.48. The number of piperidine rings is 1. The molecule has 2 heterocycles. The number of amides is 1. The molecule has 0 bridgehead atoms. The van der Waals surface area contributed by atoms with Crippen molar-refractivity contribution in [2.45, 2.75) is 30.1 Å². The molecule has 154 valence electrons. The summed E-state index contributed by atoms with van der Waals surface area (Å²) >= 11 is 0. The molecule has 2 N–H and O–H groups in total. The summed E-state index contributed by atoms with van der Waals surface area (Å²) in [6, 6.07) is 12.3. The van der Waals surface area contributed by atoms with E-state index >= 15 is 0 Å². The molecule has 9 heteroatoms. The highest BCUT2D eigenvalue weighted by molar-refractivity contribution is 7.89. The van der Waals surface area contributed by atoms with E-state index in [1.165, 1.54) is 28.6 Å². The number of ether oxygens (including phenoxy) is 2. The molecule has 1 amide bonds. The number of nitrogens with zero attached hydrogens (tertiary/aromatic N) is 1. The van der Waals surface area contributed by atoms with Crippen LogP contribution in [0.4, 0.5) is 9.18 Å². The lowest BCUT2D eigenvalue weighted by Crippen LogP contribution is -2.54. The van der Waals surface area contributed by atoms with Crippen LogP contribution in [0.5, 0.6) is 0 Å². The van der Waals surface area contributed by atoms with E-state index in [0.717, 1.165) is 11.1 Å². The Morgan fingerprint density at radius 3 is 2.31 bits per heavy atom. The minimum atomic E-state index is -3.92. The average molecular weight is 420 g/mol. The Kier molecular flexibility index (Phi) is 5.28. The van der Waals surface area contributed by atoms with Crippen LogP contribution < -0.4 is 5.73 Å². The first kappa shape index (κ1) is 19.8. The SMILES string of the molecule is NC(=O)OC1C2CCOC2CCN1S(=O)(=O)c1ccc(-c2ccc(F)cc2)cc1. The molecule has 2 aromatic carbocycles. The van der Waals surface area contributed by atoms with E-state index in [9.17, 15) is 17.6 Å². The molecule has 2 aliphatic rings. The van der Waals surface area contributed by atoms with E-state index in [4.69, 9.17) is 15.2 Å². The van der Waals surface area contributed by atoms with Crippen molar-refractivity contribution < 1.29 is 27.1 Å². The fourth-order valence-electron chi connectivity index (χ4n) is 4.00. The summed E-state index contributed by atoms with van der Waals surface area (Å²) in [5, 5.41) is 0. The van der Waals surface area contributed by atoms with Gasteiger partial charge in [0, 0.05) is 19.1 Å². The predicted molar refractivity (Wildman–Crippen MR) is 103 cm³/mol. The number of rotatable bonds is 4. The summed E-state index contributed by atoms with van der Waals surface area (Å²) in [5.41, 5.74) is 6.73. The second-order valence-corrected chi connectivity index (χ2v) is 9.02. The van der Waals surface area contributed by atoms with Gasteiger partial charge in [-0.1, -0.05) is 24.3 Å². The number of fused-ring (bicyclic) bond motifs is 1. The molecule has 3 atom stereocenters. The molecule has 0 radical (unpaired) electrons. The van der Waals surface area contributed by atoms with Crippen LogP contribution in [0.1, 0.15) is 12.8 Å². The Morgan fingerprint density at radius 1 is 1.07 bits per heavy atom. The lowest BCUT2D eigenvalue weighted by atomic mass is 9.93. The van der Waals surface area contributed by atoms with Crippen molar-refractivity contribution in [3.63, 3.8) is 0 Å². The molecule has 2 saturated heterocycles. The van der Waals surface area contributed by atoms with Crippen LogP contribution in [0.25, 0.3) is 11.1 Å². The van der Waals surface area contributed by atoms with Crippen LogP contribution in [0.2, 0.25) is 0 Å². The first-order chi connectivity index (χ1) is 13.9. The van der Waals surface area contributed by atoms with E-state index in [2.05, 4.69) is 0 Å². The summed E-state index contributed by atoms with van der Waals surface area (Å²) in [6.45, 7) is 0.662. The fraction of sp³-hybridized carbons (Fsp3) is 0.350. The maximum atomic E-state index is 13.3. The molecule has 29 heavy (non-hydrogen) atoms.